The predicted molar refractivity (Wildman–Crippen MR) is 81.0 cm³/mol. The van der Waals surface area contributed by atoms with Gasteiger partial charge in [-0.15, -0.1) is 11.6 Å². The van der Waals surface area contributed by atoms with Crippen LogP contribution in [0.1, 0.15) is 11.3 Å². The van der Waals surface area contributed by atoms with Crippen LogP contribution in [-0.2, 0) is 19.5 Å². The maximum absolute atomic E-state index is 13.2. The fourth-order valence-electron chi connectivity index (χ4n) is 2.33. The molecule has 0 fully saturated rings. The summed E-state index contributed by atoms with van der Waals surface area (Å²) in [6.07, 6.45) is 0. The molecule has 0 radical (unpaired) electrons. The number of fused-ring (bicyclic) bond motifs is 1. The Kier molecular flexibility index (Phi) is 3.80. The van der Waals surface area contributed by atoms with Crippen LogP contribution >= 0.6 is 11.6 Å². The summed E-state index contributed by atoms with van der Waals surface area (Å²) in [5.41, 5.74) is 2.53. The lowest BCUT2D eigenvalue weighted by molar-refractivity contribution is 0.298. The van der Waals surface area contributed by atoms with Crippen molar-refractivity contribution in [2.24, 2.45) is 7.05 Å². The van der Waals surface area contributed by atoms with Gasteiger partial charge in [0.15, 0.2) is 0 Å². The number of para-hydroxylation sites is 1. The second kappa shape index (κ2) is 5.74. The average Bonchev–Trinajstić information content (AvgIpc) is 2.83. The number of hydrogen-bond donors (Lipinski definition) is 0. The summed E-state index contributed by atoms with van der Waals surface area (Å²) in [7, 11) is 1.90. The minimum absolute atomic E-state index is 0.204. The second-order valence-electron chi connectivity index (χ2n) is 4.76. The third-order valence-corrected chi connectivity index (χ3v) is 3.65. The highest BCUT2D eigenvalue weighted by Gasteiger charge is 2.10. The van der Waals surface area contributed by atoms with E-state index in [1.54, 1.807) is 6.07 Å². The molecule has 0 aliphatic carbocycles. The Hall–Kier alpha value is -2.07. The van der Waals surface area contributed by atoms with E-state index in [0.29, 0.717) is 17.9 Å². The zero-order valence-corrected chi connectivity index (χ0v) is 12.3. The Labute approximate surface area is 126 Å². The van der Waals surface area contributed by atoms with Gasteiger partial charge in [0.05, 0.1) is 11.4 Å². The lowest BCUT2D eigenvalue weighted by atomic mass is 10.2. The minimum Gasteiger partial charge on any atom is -0.487 e. The largest absolute Gasteiger partial charge is 0.487 e. The van der Waals surface area contributed by atoms with Crippen LogP contribution in [0.4, 0.5) is 4.39 Å². The highest BCUT2D eigenvalue weighted by Crippen LogP contribution is 2.24. The smallest absolute Gasteiger partial charge is 0.133 e. The van der Waals surface area contributed by atoms with Gasteiger partial charge in [0, 0.05) is 18.0 Å². The highest BCUT2D eigenvalue weighted by molar-refractivity contribution is 6.17. The molecule has 0 unspecified atom stereocenters. The summed E-state index contributed by atoms with van der Waals surface area (Å²) in [5.74, 6) is 0.471. The van der Waals surface area contributed by atoms with Crippen LogP contribution in [0.15, 0.2) is 42.5 Å². The molecule has 108 valence electrons. The number of halogens is 2. The Balaban J connectivity index is 1.87. The van der Waals surface area contributed by atoms with E-state index in [1.807, 2.05) is 36.0 Å². The third-order valence-electron chi connectivity index (χ3n) is 3.37. The van der Waals surface area contributed by atoms with Crippen LogP contribution in [0, 0.1) is 5.82 Å². The Morgan fingerprint density at radius 1 is 1.24 bits per heavy atom. The topological polar surface area (TPSA) is 27.1 Å². The summed E-state index contributed by atoms with van der Waals surface area (Å²) in [6.45, 7) is 0.316. The van der Waals surface area contributed by atoms with Gasteiger partial charge in [-0.1, -0.05) is 18.2 Å². The first-order chi connectivity index (χ1) is 10.2. The summed E-state index contributed by atoms with van der Waals surface area (Å²) >= 11 is 5.82. The molecule has 1 heterocycles. The number of ether oxygens (including phenoxy) is 1. The van der Waals surface area contributed by atoms with E-state index in [4.69, 9.17) is 16.3 Å². The first-order valence-electron chi connectivity index (χ1n) is 6.57. The first-order valence-corrected chi connectivity index (χ1v) is 7.10. The van der Waals surface area contributed by atoms with E-state index in [2.05, 4.69) is 5.10 Å². The Morgan fingerprint density at radius 3 is 2.86 bits per heavy atom. The van der Waals surface area contributed by atoms with Gasteiger partial charge in [-0.25, -0.2) is 4.39 Å². The number of benzene rings is 2. The Morgan fingerprint density at radius 2 is 2.05 bits per heavy atom. The zero-order valence-electron chi connectivity index (χ0n) is 11.5. The third kappa shape index (κ3) is 2.72. The van der Waals surface area contributed by atoms with E-state index in [-0.39, 0.29) is 11.7 Å². The quantitative estimate of drug-likeness (QED) is 0.680. The molecule has 3 nitrogen and oxygen atoms in total. The molecule has 0 amide bonds. The highest BCUT2D eigenvalue weighted by atomic mass is 35.5. The molecule has 0 saturated carbocycles. The van der Waals surface area contributed by atoms with Crippen molar-refractivity contribution in [2.45, 2.75) is 12.5 Å². The van der Waals surface area contributed by atoms with Crippen molar-refractivity contribution in [2.75, 3.05) is 0 Å². The number of rotatable bonds is 4. The van der Waals surface area contributed by atoms with Crippen molar-refractivity contribution in [3.8, 4) is 5.75 Å². The zero-order chi connectivity index (χ0) is 14.8. The number of alkyl halides is 1. The summed E-state index contributed by atoms with van der Waals surface area (Å²) in [4.78, 5) is 0. The van der Waals surface area contributed by atoms with Gasteiger partial charge in [-0.3, -0.25) is 4.68 Å². The van der Waals surface area contributed by atoms with E-state index in [9.17, 15) is 4.39 Å². The SMILES string of the molecule is Cn1nc(COc2ccc(F)cc2CCl)c2ccccc21. The van der Waals surface area contributed by atoms with Crippen molar-refractivity contribution in [1.82, 2.24) is 9.78 Å². The molecule has 0 atom stereocenters. The lowest BCUT2D eigenvalue weighted by Gasteiger charge is -2.09. The van der Waals surface area contributed by atoms with E-state index >= 15 is 0 Å². The van der Waals surface area contributed by atoms with Gasteiger partial charge < -0.3 is 4.74 Å². The summed E-state index contributed by atoms with van der Waals surface area (Å²) < 4.78 is 20.8. The second-order valence-corrected chi connectivity index (χ2v) is 5.03. The van der Waals surface area contributed by atoms with Gasteiger partial charge in [-0.05, 0) is 24.3 Å². The standard InChI is InChI=1S/C16H14ClFN2O/c1-20-15-5-3-2-4-13(15)14(19-20)10-21-16-7-6-12(18)8-11(16)9-17/h2-8H,9-10H2,1H3. The normalized spacial score (nSPS) is 11.0. The van der Waals surface area contributed by atoms with E-state index < -0.39 is 0 Å². The molecule has 2 aromatic carbocycles. The molecule has 0 bridgehead atoms. The molecular weight excluding hydrogens is 291 g/mol. The maximum atomic E-state index is 13.2. The molecule has 0 spiro atoms. The van der Waals surface area contributed by atoms with E-state index in [0.717, 1.165) is 16.6 Å². The molecule has 3 rings (SSSR count). The van der Waals surface area contributed by atoms with Crippen LogP contribution in [0.2, 0.25) is 0 Å². The van der Waals surface area contributed by atoms with Crippen molar-refractivity contribution in [3.05, 3.63) is 59.5 Å². The summed E-state index contributed by atoms with van der Waals surface area (Å²) in [5, 5.41) is 5.51. The van der Waals surface area contributed by atoms with Gasteiger partial charge in [0.25, 0.3) is 0 Å². The van der Waals surface area contributed by atoms with Crippen molar-refractivity contribution >= 4 is 22.5 Å². The molecule has 0 N–H and O–H groups in total. The first kappa shape index (κ1) is 13.9. The molecule has 5 heteroatoms. The predicted octanol–water partition coefficient (Wildman–Crippen LogP) is 4.03. The number of hydrogen-bond acceptors (Lipinski definition) is 2. The van der Waals surface area contributed by atoms with Crippen LogP contribution in [0.5, 0.6) is 5.75 Å². The van der Waals surface area contributed by atoms with Crippen molar-refractivity contribution < 1.29 is 9.13 Å². The molecule has 0 saturated heterocycles. The average molecular weight is 305 g/mol. The molecule has 0 aliphatic heterocycles. The van der Waals surface area contributed by atoms with Crippen LogP contribution in [0.3, 0.4) is 0 Å². The van der Waals surface area contributed by atoms with Gasteiger partial charge in [0.2, 0.25) is 0 Å². The van der Waals surface area contributed by atoms with Crippen molar-refractivity contribution in [1.29, 1.82) is 0 Å². The fourth-order valence-corrected chi connectivity index (χ4v) is 2.54. The van der Waals surface area contributed by atoms with Crippen LogP contribution in [0.25, 0.3) is 10.9 Å². The van der Waals surface area contributed by atoms with Gasteiger partial charge >= 0.3 is 0 Å². The number of aryl methyl sites for hydroxylation is 1. The number of nitrogens with zero attached hydrogens (tertiary/aromatic N) is 2. The number of aromatic nitrogens is 2. The fraction of sp³-hybridized carbons (Fsp3) is 0.188. The lowest BCUT2D eigenvalue weighted by Crippen LogP contribution is -2.00. The van der Waals surface area contributed by atoms with Crippen LogP contribution < -0.4 is 4.74 Å². The van der Waals surface area contributed by atoms with E-state index in [1.165, 1.54) is 12.1 Å². The molecule has 21 heavy (non-hydrogen) atoms. The maximum Gasteiger partial charge on any atom is 0.133 e. The molecular formula is C16H14ClFN2O. The molecule has 1 aromatic heterocycles. The Bertz CT molecular complexity index is 785. The van der Waals surface area contributed by atoms with Gasteiger partial charge in [0.1, 0.15) is 23.9 Å². The monoisotopic (exact) mass is 304 g/mol. The van der Waals surface area contributed by atoms with Gasteiger partial charge in [-0.2, -0.15) is 5.10 Å². The summed E-state index contributed by atoms with van der Waals surface area (Å²) in [6, 6.07) is 12.3. The molecule has 0 aliphatic rings. The molecule has 3 aromatic rings. The van der Waals surface area contributed by atoms with Crippen molar-refractivity contribution in [3.63, 3.8) is 0 Å². The van der Waals surface area contributed by atoms with Crippen LogP contribution in [-0.4, -0.2) is 9.78 Å². The minimum atomic E-state index is -0.318.